The molecule has 4 fully saturated rings. The largest absolute Gasteiger partial charge is 0.478 e. The van der Waals surface area contributed by atoms with Crippen LogP contribution >= 0.6 is 24.0 Å². The average Bonchev–Trinajstić information content (AvgIpc) is 0.809. The van der Waals surface area contributed by atoms with Gasteiger partial charge in [-0.05, 0) is 93.1 Å². The Labute approximate surface area is 746 Å². The lowest BCUT2D eigenvalue weighted by atomic mass is 9.89. The Morgan fingerprint density at radius 3 is 0.976 bits per heavy atom. The van der Waals surface area contributed by atoms with Crippen LogP contribution in [0.15, 0.2) is 170 Å². The number of nitrogen functional groups attached to an aromatic ring is 1. The van der Waals surface area contributed by atoms with Gasteiger partial charge < -0.3 is 139 Å². The normalized spacial score (nSPS) is 30.0. The predicted octanol–water partition coefficient (Wildman–Crippen LogP) is 1.92. The molecule has 0 aliphatic carbocycles. The molecule has 0 bridgehead atoms. The molecule has 0 aromatic heterocycles. The summed E-state index contributed by atoms with van der Waals surface area (Å²) in [5, 5.41) is 149. The first kappa shape index (κ1) is 103. The summed E-state index contributed by atoms with van der Waals surface area (Å²) in [5.41, 5.74) is 11.7. The number of rotatable bonds is 25. The molecule has 6 aromatic rings. The lowest BCUT2D eigenvalue weighted by Gasteiger charge is -2.42. The van der Waals surface area contributed by atoms with E-state index in [4.69, 9.17) is 72.8 Å². The molecule has 6 aliphatic heterocycles. The summed E-state index contributed by atoms with van der Waals surface area (Å²) in [6, 6.07) is 39.5. The molecule has 4 saturated heterocycles. The summed E-state index contributed by atoms with van der Waals surface area (Å²) < 4.78 is 65.0. The zero-order valence-electron chi connectivity index (χ0n) is 69.6. The molecule has 38 heteroatoms. The molecule has 0 radical (unpaired) electrons. The Morgan fingerprint density at radius 2 is 0.638 bits per heavy atom. The maximum Gasteiger partial charge on any atom is 0.335 e. The standard InChI is InChI=1S/C30H36O13.C30H34O11.C16H19NO5.C13H16O7.HI.H2/c1-14(32)40-13-22-30(41-15(2)33)27(39)26(38)28(43-22)17-8-6-16(7-9-17)10-20(34)18-4-3-5-19(11-18)29-25(37)24(36)23(35)21(12-31)42-29;1-16(32)38-15-26-24(39-17(2)33)11-10-23(40-26)19-8-6-18(7-9-19)12-22(34)20-4-3-5-21(13-20)30-29(37)28(36)27(35)25(14-31)41-30;1-10(18)20-9-16-15(21-11(2)19)8-7-14(22-16)12-3-5-13(17)6-4-12;14-5-8-9(15)10(16)11(17)12(20-8)6-2-1-3-7(4-6)13(18)19;;/h3-9,11,21-31,35-39H,10,12-13H2,1-2H3;3-11,13,23-31,35-37H,12,14-15H2,1-2H3;3-8,14-16H,9,17H2,1-2H3;1-4,8-12,14-17H,5H2,(H,18,19);2*1H/t21-,22-,23-,24+,25+,26+,27-,28-,29-,30-;23-,24-,25+,26+,27+,28-,29-,30+;14-,15-,16+;8-,9-,10+,11+,12-;;/m1001../s1/i;;;;;1+1. The Balaban J connectivity index is 0.000000244. The van der Waals surface area contributed by atoms with Crippen LogP contribution in [0.5, 0.6) is 0 Å². The molecular formula is C89H108INO36. The number of benzene rings is 6. The van der Waals surface area contributed by atoms with Crippen molar-refractivity contribution in [1.82, 2.24) is 0 Å². The molecule has 692 valence electrons. The number of hydrogen-bond acceptors (Lipinski definition) is 36. The summed E-state index contributed by atoms with van der Waals surface area (Å²) in [6.07, 6.45) is -22.2. The molecule has 6 aliphatic rings. The number of anilines is 1. The van der Waals surface area contributed by atoms with E-state index in [1.54, 1.807) is 115 Å². The highest BCUT2D eigenvalue weighted by Gasteiger charge is 2.50. The van der Waals surface area contributed by atoms with E-state index in [9.17, 15) is 110 Å². The molecule has 6 heterocycles. The van der Waals surface area contributed by atoms with Crippen LogP contribution in [0, 0.1) is 0 Å². The van der Waals surface area contributed by atoms with Crippen molar-refractivity contribution < 1.29 is 178 Å². The quantitative estimate of drug-likeness (QED) is 0.00972. The van der Waals surface area contributed by atoms with Crippen LogP contribution in [0.25, 0.3) is 0 Å². The monoisotopic (exact) mass is 1890 g/mol. The van der Waals surface area contributed by atoms with Gasteiger partial charge in [-0.1, -0.05) is 121 Å². The van der Waals surface area contributed by atoms with Gasteiger partial charge >= 0.3 is 41.8 Å². The van der Waals surface area contributed by atoms with Crippen molar-refractivity contribution in [3.8, 4) is 0 Å². The van der Waals surface area contributed by atoms with E-state index in [0.717, 1.165) is 23.6 Å². The molecule has 37 nitrogen and oxygen atoms in total. The number of aliphatic hydroxyl groups excluding tert-OH is 14. The van der Waals surface area contributed by atoms with Gasteiger partial charge in [0.2, 0.25) is 0 Å². The highest BCUT2D eigenvalue weighted by Crippen LogP contribution is 2.39. The van der Waals surface area contributed by atoms with Gasteiger partial charge in [0.25, 0.3) is 0 Å². The van der Waals surface area contributed by atoms with E-state index < -0.39 is 214 Å². The van der Waals surface area contributed by atoms with Crippen molar-refractivity contribution in [1.29, 1.82) is 0 Å². The zero-order valence-corrected chi connectivity index (χ0v) is 71.9. The van der Waals surface area contributed by atoms with E-state index in [0.29, 0.717) is 44.6 Å². The van der Waals surface area contributed by atoms with Crippen LogP contribution in [0.2, 0.25) is 0 Å². The van der Waals surface area contributed by atoms with Crippen molar-refractivity contribution >= 4 is 83.0 Å². The summed E-state index contributed by atoms with van der Waals surface area (Å²) in [7, 11) is 0. The van der Waals surface area contributed by atoms with Crippen molar-refractivity contribution in [2.75, 3.05) is 45.4 Å². The topological polar surface area (TPSA) is 594 Å². The third-order valence-electron chi connectivity index (χ3n) is 21.1. The second-order valence-corrected chi connectivity index (χ2v) is 30.4. The van der Waals surface area contributed by atoms with Crippen LogP contribution in [0.1, 0.15) is 155 Å². The van der Waals surface area contributed by atoms with E-state index in [2.05, 4.69) is 0 Å². The molecule has 26 atom stereocenters. The van der Waals surface area contributed by atoms with Gasteiger partial charge in [0.05, 0.1) is 25.4 Å². The summed E-state index contributed by atoms with van der Waals surface area (Å²) in [4.78, 5) is 105. The summed E-state index contributed by atoms with van der Waals surface area (Å²) in [6.45, 7) is 5.51. The third-order valence-corrected chi connectivity index (χ3v) is 21.1. The number of hydrogen-bond donors (Lipinski definition) is 16. The van der Waals surface area contributed by atoms with Crippen molar-refractivity contribution in [2.45, 2.75) is 213 Å². The summed E-state index contributed by atoms with van der Waals surface area (Å²) >= 11 is 0. The predicted molar refractivity (Wildman–Crippen MR) is 451 cm³/mol. The van der Waals surface area contributed by atoms with Gasteiger partial charge in [-0.3, -0.25) is 38.4 Å². The first-order valence-electron chi connectivity index (χ1n) is 40.0. The molecule has 0 unspecified atom stereocenters. The Hall–Kier alpha value is -9.84. The number of nitrogens with two attached hydrogens (primary N) is 1. The molecule has 0 spiro atoms. The van der Waals surface area contributed by atoms with E-state index in [-0.39, 0.29) is 81.3 Å². The number of Topliss-reactive ketones (excluding diaryl/α,β-unsaturated/α-hetero) is 2. The van der Waals surface area contributed by atoms with Crippen molar-refractivity contribution in [3.05, 3.63) is 231 Å². The molecule has 17 N–H and O–H groups in total. The molecule has 12 rings (SSSR count). The van der Waals surface area contributed by atoms with Gasteiger partial charge in [-0.2, -0.15) is 0 Å². The van der Waals surface area contributed by atoms with Crippen molar-refractivity contribution in [3.63, 3.8) is 0 Å². The zero-order chi connectivity index (χ0) is 92.1. The SMILES string of the molecule is CC(=O)OC[C@H]1O[C@H](c2ccc(CC(=O)c3cccc([C@H]4O[C@H](CO)[C@@H](O)[C@H](O)[C@@H]4O)c3)cc2)C=C[C@@H]1OC(C)=O.CC(=O)OC[C@H]1O[C@H](c2ccc(CC(=O)c3cccc([C@H]4O[C@H](CO)[C@@H](O)[C@H](O)[C@@H]4O)c3)cc2)[C@@H](O)[C@@H](O)[C@@H]1OC(C)=O.CC(=O)OC[C@H]1O[C@H](c2ccc(N)cc2)C=C[C@@H]1OC(C)=O.I.O=C(O)c1cccc([C@H]2O[C@H](CO)[C@@H](O)[C@H](O)[C@@H]2O)c1.[2HH]. The fourth-order valence-electron chi connectivity index (χ4n) is 14.5. The third kappa shape index (κ3) is 27.8. The maximum atomic E-state index is 13.1. The fraction of sp³-hybridized carbons (Fsp3) is 0.449. The Bertz CT molecular complexity index is 4730. The minimum absolute atomic E-state index is 0. The lowest BCUT2D eigenvalue weighted by molar-refractivity contribution is -0.242. The maximum absolute atomic E-state index is 13.1. The van der Waals surface area contributed by atoms with E-state index in [1.807, 2.05) is 30.3 Å². The fourth-order valence-corrected chi connectivity index (χ4v) is 14.5. The number of halogens is 1. The second kappa shape index (κ2) is 48.0. The molecule has 0 amide bonds. The number of carboxylic acid groups (broad SMARTS) is 1. The number of aromatic carboxylic acids is 1. The number of carboxylic acids is 1. The number of ketones is 2. The number of ether oxygens (including phenoxy) is 12. The van der Waals surface area contributed by atoms with Gasteiger partial charge in [0.15, 0.2) is 17.7 Å². The van der Waals surface area contributed by atoms with Crippen LogP contribution in [0.4, 0.5) is 5.69 Å². The lowest BCUT2D eigenvalue weighted by Crippen LogP contribution is -2.57. The van der Waals surface area contributed by atoms with E-state index in [1.165, 1.54) is 58.9 Å². The second-order valence-electron chi connectivity index (χ2n) is 30.4. The highest BCUT2D eigenvalue weighted by molar-refractivity contribution is 14.0. The molecule has 6 aromatic carbocycles. The highest BCUT2D eigenvalue weighted by atomic mass is 127. The molecular weight excluding hydrogens is 1790 g/mol. The minimum Gasteiger partial charge on any atom is -0.478 e. The average molecular weight is 1900 g/mol. The van der Waals surface area contributed by atoms with Crippen molar-refractivity contribution in [2.24, 2.45) is 0 Å². The van der Waals surface area contributed by atoms with Gasteiger partial charge in [-0.15, -0.1) is 24.0 Å². The molecule has 127 heavy (non-hydrogen) atoms. The Kier molecular flexibility index (Phi) is 38.8. The first-order valence-corrected chi connectivity index (χ1v) is 40.0. The van der Waals surface area contributed by atoms with Crippen LogP contribution in [0.3, 0.4) is 0 Å². The van der Waals surface area contributed by atoms with E-state index >= 15 is 0 Å². The summed E-state index contributed by atoms with van der Waals surface area (Å²) in [5.74, 6) is -4.69. The minimum atomic E-state index is -1.55. The molecule has 0 saturated carbocycles. The van der Waals surface area contributed by atoms with Gasteiger partial charge in [0, 0.05) is 72.6 Å². The smallest absolute Gasteiger partial charge is 0.335 e. The number of carbonyl (C=O) groups excluding carboxylic acids is 8. The first-order chi connectivity index (χ1) is 59.9. The van der Waals surface area contributed by atoms with Gasteiger partial charge in [0.1, 0.15) is 172 Å². The van der Waals surface area contributed by atoms with Gasteiger partial charge in [-0.25, -0.2) is 4.79 Å². The van der Waals surface area contributed by atoms with Crippen LogP contribution in [-0.4, -0.2) is 292 Å². The van der Waals surface area contributed by atoms with Crippen LogP contribution < -0.4 is 5.73 Å². The van der Waals surface area contributed by atoms with Crippen LogP contribution in [-0.2, 0) is 98.5 Å². The Morgan fingerprint density at radius 1 is 0.331 bits per heavy atom. The number of aliphatic hydroxyl groups is 14. The number of carbonyl (C=O) groups is 9. The number of esters is 6.